The summed E-state index contributed by atoms with van der Waals surface area (Å²) in [6, 6.07) is 0. The van der Waals surface area contributed by atoms with Gasteiger partial charge in [-0.15, -0.1) is 0 Å². The molecule has 0 aromatic rings. The molecular weight excluding hydrogens is 1280 g/mol. The van der Waals surface area contributed by atoms with E-state index in [2.05, 4.69) is 39.8 Å². The minimum absolute atomic E-state index is 0.0297. The van der Waals surface area contributed by atoms with Crippen LogP contribution in [-0.2, 0) is 61.2 Å². The van der Waals surface area contributed by atoms with Crippen LogP contribution in [0.4, 0.5) is 0 Å². The van der Waals surface area contributed by atoms with Crippen molar-refractivity contribution in [2.45, 2.75) is 395 Å². The second-order valence-corrected chi connectivity index (χ2v) is 29.0. The Labute approximate surface area is 580 Å². The third-order valence-electron chi connectivity index (χ3n) is 18.9. The van der Waals surface area contributed by atoms with Crippen molar-refractivity contribution < 1.29 is 117 Å². The topological polar surface area (TPSA) is 374 Å². The molecule has 1 aliphatic carbocycles. The van der Waals surface area contributed by atoms with Crippen molar-refractivity contribution in [1.82, 2.24) is 0 Å². The summed E-state index contributed by atoms with van der Waals surface area (Å²) in [6.07, 6.45) is 10.1. The lowest BCUT2D eigenvalue weighted by molar-refractivity contribution is -0.360. The summed E-state index contributed by atoms with van der Waals surface area (Å²) in [6.45, 7) is 5.74. The lowest BCUT2D eigenvalue weighted by Crippen LogP contribution is -2.69. The van der Waals surface area contributed by atoms with Gasteiger partial charge < -0.3 is 89.1 Å². The largest absolute Gasteiger partial charge is 0.472 e. The summed E-state index contributed by atoms with van der Waals surface area (Å²) in [5, 5.41) is 110. The van der Waals surface area contributed by atoms with Gasteiger partial charge >= 0.3 is 25.7 Å². The summed E-state index contributed by atoms with van der Waals surface area (Å²) >= 11 is 0. The molecule has 0 bridgehead atoms. The summed E-state index contributed by atoms with van der Waals surface area (Å²) in [5.74, 6) is -1.29. The second kappa shape index (κ2) is 53.5. The third-order valence-corrected chi connectivity index (χ3v) is 19.9. The van der Waals surface area contributed by atoms with Crippen LogP contribution in [0, 0.1) is 5.92 Å². The zero-order valence-electron chi connectivity index (χ0n) is 59.5. The highest BCUT2D eigenvalue weighted by Gasteiger charge is 2.58. The molecule has 19 atom stereocenters. The van der Waals surface area contributed by atoms with Gasteiger partial charge in [-0.2, -0.15) is 0 Å². The van der Waals surface area contributed by atoms with E-state index in [1.54, 1.807) is 0 Å². The van der Waals surface area contributed by atoms with E-state index >= 15 is 0 Å². The van der Waals surface area contributed by atoms with Crippen molar-refractivity contribution in [3.05, 3.63) is 12.2 Å². The zero-order valence-corrected chi connectivity index (χ0v) is 60.4. The first-order valence-electron chi connectivity index (χ1n) is 37.9. The van der Waals surface area contributed by atoms with E-state index in [0.29, 0.717) is 25.2 Å². The first kappa shape index (κ1) is 88.9. The number of carbonyl (C=O) groups is 3. The second-order valence-electron chi connectivity index (χ2n) is 27.6. The molecular formula is C72H133O24P. The number of ether oxygens (including phenoxy) is 7. The van der Waals surface area contributed by atoms with Crippen LogP contribution in [0.15, 0.2) is 12.2 Å². The van der Waals surface area contributed by atoms with E-state index in [1.165, 1.54) is 109 Å². The summed E-state index contributed by atoms with van der Waals surface area (Å²) in [4.78, 5) is 51.0. The number of hydrogen-bond donors (Lipinski definition) is 11. The Balaban J connectivity index is 1.73. The maximum atomic E-state index is 14.3. The fourth-order valence-corrected chi connectivity index (χ4v) is 13.6. The molecule has 0 amide bonds. The number of phosphoric acid groups is 1. The Morgan fingerprint density at radius 3 is 1.23 bits per heavy atom. The molecule has 570 valence electrons. The molecule has 3 aliphatic rings. The molecule has 25 heteroatoms. The molecule has 2 saturated heterocycles. The van der Waals surface area contributed by atoms with Crippen molar-refractivity contribution >= 4 is 25.7 Å². The first-order valence-corrected chi connectivity index (χ1v) is 39.4. The molecule has 3 rings (SSSR count). The Morgan fingerprint density at radius 1 is 0.423 bits per heavy atom. The molecule has 2 heterocycles. The van der Waals surface area contributed by atoms with Crippen molar-refractivity contribution in [3.63, 3.8) is 0 Å². The van der Waals surface area contributed by atoms with E-state index in [9.17, 15) is 74.9 Å². The number of esters is 3. The standard InChI is InChI=1S/C72H133O24P/c1-5-8-11-14-17-19-21-22-23-24-26-27-29-35-40-45-56(74)88-49-53(91-58(76)47-42-37-30-28-25-20-18-15-12-9-6-2)50-90-97(86,87)96-70-68(94-71-66(84)61(79)59(77)54(48-73)92-71)64(82)63(81)65(83)69(70)95-72-67(85)62(80)60(78)55(93-72)51-89-57(75)46-41-36-32-31-34-39-44-52(4)43-38-33-16-13-10-7-3/h19,21,52-55,59-73,77-85H,5-18,20,22-51H2,1-4H3,(H,86,87)/b21-19-. The van der Waals surface area contributed by atoms with Crippen LogP contribution in [0.2, 0.25) is 0 Å². The molecule has 1 saturated carbocycles. The van der Waals surface area contributed by atoms with Gasteiger partial charge in [0, 0.05) is 19.3 Å². The molecule has 0 spiro atoms. The average molecular weight is 1410 g/mol. The van der Waals surface area contributed by atoms with Crippen molar-refractivity contribution in [2.24, 2.45) is 5.92 Å². The highest BCUT2D eigenvalue weighted by molar-refractivity contribution is 7.47. The lowest BCUT2D eigenvalue weighted by Gasteiger charge is -2.49. The fourth-order valence-electron chi connectivity index (χ4n) is 12.6. The molecule has 0 aromatic heterocycles. The predicted octanol–water partition coefficient (Wildman–Crippen LogP) is 10.2. The van der Waals surface area contributed by atoms with Crippen LogP contribution in [-0.4, -0.2) is 204 Å². The smallest absolute Gasteiger partial charge is 0.463 e. The van der Waals surface area contributed by atoms with Gasteiger partial charge in [-0.25, -0.2) is 4.57 Å². The van der Waals surface area contributed by atoms with Crippen molar-refractivity contribution in [2.75, 3.05) is 26.4 Å². The molecule has 97 heavy (non-hydrogen) atoms. The van der Waals surface area contributed by atoms with E-state index < -0.39 is 156 Å². The van der Waals surface area contributed by atoms with Crippen LogP contribution >= 0.6 is 7.82 Å². The minimum atomic E-state index is -5.69. The van der Waals surface area contributed by atoms with Crippen molar-refractivity contribution in [1.29, 1.82) is 0 Å². The van der Waals surface area contributed by atoms with Crippen LogP contribution < -0.4 is 0 Å². The first-order chi connectivity index (χ1) is 46.7. The molecule has 2 aliphatic heterocycles. The van der Waals surface area contributed by atoms with Crippen LogP contribution in [0.3, 0.4) is 0 Å². The maximum absolute atomic E-state index is 14.3. The molecule has 0 aromatic carbocycles. The minimum Gasteiger partial charge on any atom is -0.463 e. The van der Waals surface area contributed by atoms with Gasteiger partial charge in [0.25, 0.3) is 0 Å². The fraction of sp³-hybridized carbons (Fsp3) is 0.931. The van der Waals surface area contributed by atoms with E-state index in [4.69, 9.17) is 42.2 Å². The Kier molecular flexibility index (Phi) is 49.0. The Hall–Kier alpha value is -2.30. The predicted molar refractivity (Wildman–Crippen MR) is 365 cm³/mol. The number of phosphoric ester groups is 1. The van der Waals surface area contributed by atoms with Gasteiger partial charge in [0.15, 0.2) is 18.7 Å². The third kappa shape index (κ3) is 37.1. The highest BCUT2D eigenvalue weighted by atomic mass is 31.2. The number of hydrogen-bond acceptors (Lipinski definition) is 23. The highest BCUT2D eigenvalue weighted by Crippen LogP contribution is 2.49. The molecule has 11 N–H and O–H groups in total. The molecule has 0 radical (unpaired) electrons. The van der Waals surface area contributed by atoms with Gasteiger partial charge in [-0.3, -0.25) is 23.4 Å². The van der Waals surface area contributed by atoms with Crippen LogP contribution in [0.1, 0.15) is 291 Å². The lowest BCUT2D eigenvalue weighted by atomic mass is 9.84. The SMILES string of the molecule is CCCCCC/C=C\CCCCCCCCCC(=O)OCC(COP(=O)(O)OC1C(OC2OC(CO)C(O)C(O)C2O)C(O)C(O)C(O)C1OC1OC(COC(=O)CCCCCCCCC(C)CCCCCCCC)C(O)C(O)C1O)OC(=O)CCCCCCCCCCCCC. The number of aliphatic hydroxyl groups excluding tert-OH is 10. The number of aliphatic hydroxyl groups is 10. The summed E-state index contributed by atoms with van der Waals surface area (Å²) in [7, 11) is -5.69. The number of allylic oxidation sites excluding steroid dienone is 2. The summed E-state index contributed by atoms with van der Waals surface area (Å²) < 4.78 is 65.0. The van der Waals surface area contributed by atoms with Crippen LogP contribution in [0.5, 0.6) is 0 Å². The maximum Gasteiger partial charge on any atom is 0.472 e. The van der Waals surface area contributed by atoms with Gasteiger partial charge in [0.1, 0.15) is 98.7 Å². The Morgan fingerprint density at radius 2 is 0.784 bits per heavy atom. The number of carbonyl (C=O) groups excluding carboxylic acids is 3. The van der Waals surface area contributed by atoms with E-state index in [0.717, 1.165) is 116 Å². The average Bonchev–Trinajstić information content (AvgIpc) is 0.770. The monoisotopic (exact) mass is 1410 g/mol. The molecule has 3 fully saturated rings. The Bertz CT molecular complexity index is 2080. The number of rotatable bonds is 58. The van der Waals surface area contributed by atoms with Crippen LogP contribution in [0.25, 0.3) is 0 Å². The van der Waals surface area contributed by atoms with Gasteiger partial charge in [0.05, 0.1) is 13.2 Å². The van der Waals surface area contributed by atoms with E-state index in [1.807, 2.05) is 0 Å². The van der Waals surface area contributed by atoms with E-state index in [-0.39, 0.29) is 19.3 Å². The van der Waals surface area contributed by atoms with Crippen molar-refractivity contribution in [3.8, 4) is 0 Å². The number of unbranched alkanes of at least 4 members (excludes halogenated alkanes) is 31. The molecule has 24 nitrogen and oxygen atoms in total. The summed E-state index contributed by atoms with van der Waals surface area (Å²) in [5.41, 5.74) is 0. The van der Waals surface area contributed by atoms with Gasteiger partial charge in [-0.05, 0) is 50.9 Å². The van der Waals surface area contributed by atoms with Gasteiger partial charge in [0.2, 0.25) is 0 Å². The zero-order chi connectivity index (χ0) is 71.2. The normalized spacial score (nSPS) is 28.2. The van der Waals surface area contributed by atoms with Gasteiger partial charge in [-0.1, -0.05) is 239 Å². The quantitative estimate of drug-likeness (QED) is 0.00886. The molecule has 19 unspecified atom stereocenters.